The Morgan fingerprint density at radius 1 is 1.08 bits per heavy atom. The van der Waals surface area contributed by atoms with Gasteiger partial charge in [-0.1, -0.05) is 43.3 Å². The minimum absolute atomic E-state index is 0.00865. The second-order valence-electron chi connectivity index (χ2n) is 10.9. The molecule has 2 aromatic heterocycles. The van der Waals surface area contributed by atoms with E-state index in [-0.39, 0.29) is 24.3 Å². The van der Waals surface area contributed by atoms with Crippen molar-refractivity contribution in [3.8, 4) is 0 Å². The SMILES string of the molecule is CCN(C)[C@@H]1C[C@H]2O[C@@](C)([C@@H]1OC)n1c3ccccc3c3c4c(c5c6ccccc6n2c5c31)C(=O)NC4. The molecule has 1 saturated heterocycles. The summed E-state index contributed by atoms with van der Waals surface area (Å²) in [5.74, 6) is 0.00865. The summed E-state index contributed by atoms with van der Waals surface area (Å²) < 4.78 is 18.3. The van der Waals surface area contributed by atoms with E-state index < -0.39 is 5.72 Å². The van der Waals surface area contributed by atoms with Gasteiger partial charge in [0.1, 0.15) is 12.3 Å². The third kappa shape index (κ3) is 2.41. The van der Waals surface area contributed by atoms with Crippen molar-refractivity contribution < 1.29 is 14.3 Å². The number of aromatic nitrogens is 2. The fourth-order valence-corrected chi connectivity index (χ4v) is 7.68. The van der Waals surface area contributed by atoms with E-state index in [1.807, 2.05) is 0 Å². The van der Waals surface area contributed by atoms with Crippen LogP contribution in [0.25, 0.3) is 43.6 Å². The molecule has 3 aliphatic rings. The van der Waals surface area contributed by atoms with Crippen LogP contribution in [-0.2, 0) is 21.7 Å². The van der Waals surface area contributed by atoms with Gasteiger partial charge in [0, 0.05) is 47.7 Å². The van der Waals surface area contributed by atoms with Crippen molar-refractivity contribution in [2.24, 2.45) is 0 Å². The molecule has 0 saturated carbocycles. The first kappa shape index (κ1) is 21.7. The van der Waals surface area contributed by atoms with Crippen LogP contribution in [0, 0.1) is 0 Å². The van der Waals surface area contributed by atoms with Crippen LogP contribution in [0.5, 0.6) is 0 Å². The van der Waals surface area contributed by atoms with E-state index in [1.165, 1.54) is 0 Å². The van der Waals surface area contributed by atoms with Crippen molar-refractivity contribution in [1.82, 2.24) is 19.4 Å². The lowest BCUT2D eigenvalue weighted by atomic mass is 9.91. The number of likely N-dealkylation sites (N-methyl/N-ethyl adjacent to an activating group) is 1. The number of hydrogen-bond donors (Lipinski definition) is 1. The number of carbonyl (C=O) groups excluding carboxylic acids is 1. The standard InChI is InChI=1S/C30H30N4O3/c1-5-32(3)21-14-22-33-19-12-8-6-10-16(19)24-25-18(15-31-29(25)35)23-17-11-7-9-13-20(17)34(27(23)26(24)33)30(2,37-22)28(21)36-4/h6-13,21-22,28H,5,14-15H2,1-4H3,(H,31,35)/t21-,22-,28-,30+/m1/s1. The lowest BCUT2D eigenvalue weighted by Gasteiger charge is -2.50. The Labute approximate surface area is 214 Å². The molecule has 3 aromatic carbocycles. The molecule has 8 rings (SSSR count). The number of rotatable bonds is 3. The van der Waals surface area contributed by atoms with Gasteiger partial charge in [0.05, 0.1) is 27.6 Å². The van der Waals surface area contributed by atoms with Crippen molar-refractivity contribution in [3.05, 3.63) is 59.7 Å². The number of hydrogen-bond acceptors (Lipinski definition) is 4. The van der Waals surface area contributed by atoms with Gasteiger partial charge in [-0.05, 0) is 38.2 Å². The maximum atomic E-state index is 13.4. The molecule has 5 heterocycles. The van der Waals surface area contributed by atoms with E-state index >= 15 is 0 Å². The maximum absolute atomic E-state index is 13.4. The Morgan fingerprint density at radius 3 is 2.51 bits per heavy atom. The van der Waals surface area contributed by atoms with Gasteiger partial charge in [0.15, 0.2) is 5.72 Å². The second kappa shape index (κ2) is 7.13. The molecule has 3 aliphatic heterocycles. The van der Waals surface area contributed by atoms with Gasteiger partial charge in [-0.2, -0.15) is 0 Å². The van der Waals surface area contributed by atoms with Crippen LogP contribution in [0.2, 0.25) is 0 Å². The number of methoxy groups -OCH3 is 1. The molecule has 0 aliphatic carbocycles. The predicted molar refractivity (Wildman–Crippen MR) is 145 cm³/mol. The molecule has 7 heteroatoms. The van der Waals surface area contributed by atoms with Crippen molar-refractivity contribution in [1.29, 1.82) is 0 Å². The fraction of sp³-hybridized carbons (Fsp3) is 0.367. The predicted octanol–water partition coefficient (Wildman–Crippen LogP) is 5.09. The van der Waals surface area contributed by atoms with E-state index in [9.17, 15) is 4.79 Å². The summed E-state index contributed by atoms with van der Waals surface area (Å²) in [6, 6.07) is 17.1. The fourth-order valence-electron chi connectivity index (χ4n) is 7.68. The first-order valence-corrected chi connectivity index (χ1v) is 13.2. The zero-order valence-corrected chi connectivity index (χ0v) is 21.5. The van der Waals surface area contributed by atoms with Gasteiger partial charge in [-0.3, -0.25) is 4.79 Å². The zero-order valence-electron chi connectivity index (χ0n) is 21.5. The van der Waals surface area contributed by atoms with Crippen LogP contribution in [0.1, 0.15) is 42.4 Å². The number of para-hydroxylation sites is 2. The van der Waals surface area contributed by atoms with Crippen molar-refractivity contribution in [2.75, 3.05) is 20.7 Å². The molecular formula is C30H30N4O3. The summed E-state index contributed by atoms with van der Waals surface area (Å²) in [5.41, 5.74) is 5.57. The van der Waals surface area contributed by atoms with Crippen molar-refractivity contribution in [3.63, 3.8) is 0 Å². The normalized spacial score (nSPS) is 26.6. The topological polar surface area (TPSA) is 60.7 Å². The number of amides is 1. The quantitative estimate of drug-likeness (QED) is 0.380. The second-order valence-corrected chi connectivity index (χ2v) is 10.9. The molecule has 1 fully saturated rings. The molecule has 1 amide bonds. The molecule has 2 bridgehead atoms. The number of ether oxygens (including phenoxy) is 2. The Kier molecular flexibility index (Phi) is 4.18. The summed E-state index contributed by atoms with van der Waals surface area (Å²) in [6.45, 7) is 5.83. The highest BCUT2D eigenvalue weighted by Gasteiger charge is 2.54. The summed E-state index contributed by atoms with van der Waals surface area (Å²) in [6.07, 6.45) is 0.397. The third-order valence-electron chi connectivity index (χ3n) is 9.26. The molecule has 37 heavy (non-hydrogen) atoms. The van der Waals surface area contributed by atoms with Crippen molar-refractivity contribution in [2.45, 2.75) is 50.9 Å². The summed E-state index contributed by atoms with van der Waals surface area (Å²) in [4.78, 5) is 15.8. The average Bonchev–Trinajstić information content (AvgIpc) is 3.55. The van der Waals surface area contributed by atoms with Gasteiger partial charge in [-0.25, -0.2) is 0 Å². The van der Waals surface area contributed by atoms with E-state index in [0.717, 1.165) is 67.7 Å². The molecular weight excluding hydrogens is 464 g/mol. The highest BCUT2D eigenvalue weighted by Crippen LogP contribution is 2.54. The molecule has 1 N–H and O–H groups in total. The highest BCUT2D eigenvalue weighted by molar-refractivity contribution is 6.31. The third-order valence-corrected chi connectivity index (χ3v) is 9.26. The minimum Gasteiger partial charge on any atom is -0.375 e. The molecule has 4 atom stereocenters. The molecule has 0 radical (unpaired) electrons. The van der Waals surface area contributed by atoms with Crippen LogP contribution in [0.3, 0.4) is 0 Å². The minimum atomic E-state index is -0.759. The number of benzene rings is 3. The smallest absolute Gasteiger partial charge is 0.252 e. The van der Waals surface area contributed by atoms with E-state index in [4.69, 9.17) is 9.47 Å². The Bertz CT molecular complexity index is 1800. The number of nitrogens with one attached hydrogen (secondary N) is 1. The first-order chi connectivity index (χ1) is 18.0. The largest absolute Gasteiger partial charge is 0.375 e. The van der Waals surface area contributed by atoms with Crippen LogP contribution < -0.4 is 5.32 Å². The number of fused-ring (bicyclic) bond motifs is 13. The van der Waals surface area contributed by atoms with Gasteiger partial charge >= 0.3 is 0 Å². The van der Waals surface area contributed by atoms with Gasteiger partial charge < -0.3 is 28.8 Å². The number of nitrogens with zero attached hydrogens (tertiary/aromatic N) is 3. The molecule has 0 unspecified atom stereocenters. The average molecular weight is 495 g/mol. The van der Waals surface area contributed by atoms with Gasteiger partial charge in [-0.15, -0.1) is 0 Å². The Morgan fingerprint density at radius 2 is 1.78 bits per heavy atom. The first-order valence-electron chi connectivity index (χ1n) is 13.2. The van der Waals surface area contributed by atoms with E-state index in [2.05, 4.69) is 88.8 Å². The maximum Gasteiger partial charge on any atom is 0.252 e. The van der Waals surface area contributed by atoms with Crippen LogP contribution in [0.4, 0.5) is 0 Å². The van der Waals surface area contributed by atoms with Crippen LogP contribution in [-0.4, -0.2) is 52.8 Å². The van der Waals surface area contributed by atoms with Crippen LogP contribution >= 0.6 is 0 Å². The summed E-state index contributed by atoms with van der Waals surface area (Å²) >= 11 is 0. The summed E-state index contributed by atoms with van der Waals surface area (Å²) in [5, 5.41) is 7.57. The Hall–Kier alpha value is -3.39. The molecule has 7 nitrogen and oxygen atoms in total. The van der Waals surface area contributed by atoms with Crippen LogP contribution in [0.15, 0.2) is 48.5 Å². The van der Waals surface area contributed by atoms with E-state index in [0.29, 0.717) is 6.54 Å². The molecule has 0 spiro atoms. The molecule has 188 valence electrons. The van der Waals surface area contributed by atoms with E-state index in [1.54, 1.807) is 7.11 Å². The zero-order chi connectivity index (χ0) is 25.2. The molecule has 5 aromatic rings. The lowest BCUT2D eigenvalue weighted by molar-refractivity contribution is -0.267. The highest BCUT2D eigenvalue weighted by atomic mass is 16.6. The van der Waals surface area contributed by atoms with Gasteiger partial charge in [0.25, 0.3) is 5.91 Å². The lowest BCUT2D eigenvalue weighted by Crippen LogP contribution is -2.60. The van der Waals surface area contributed by atoms with Crippen molar-refractivity contribution >= 4 is 49.5 Å². The monoisotopic (exact) mass is 494 g/mol. The number of carbonyl (C=O) groups is 1. The summed E-state index contributed by atoms with van der Waals surface area (Å²) in [7, 11) is 3.98. The Balaban J connectivity index is 1.67. The van der Waals surface area contributed by atoms with Gasteiger partial charge in [0.2, 0.25) is 0 Å².